The number of aryl methyl sites for hydroxylation is 1. The van der Waals surface area contributed by atoms with Crippen LogP contribution in [-0.2, 0) is 36.5 Å². The first kappa shape index (κ1) is 31.9. The highest BCUT2D eigenvalue weighted by Gasteiger charge is 2.66. The fraction of sp³-hybridized carbons (Fsp3) is 0.781. The lowest BCUT2D eigenvalue weighted by Gasteiger charge is -2.45. The third kappa shape index (κ3) is 5.58. The molecule has 1 amide bonds. The zero-order valence-corrected chi connectivity index (χ0v) is 27.8. The second-order valence-corrected chi connectivity index (χ2v) is 18.4. The molecule has 1 spiro atoms. The molecule has 10 heteroatoms. The monoisotopic (exact) mass is 621 g/mol. The predicted molar refractivity (Wildman–Crippen MR) is 168 cm³/mol. The molecule has 1 heterocycles. The number of sulfonamides is 1. The van der Waals surface area contributed by atoms with Gasteiger partial charge in [0.15, 0.2) is 0 Å². The van der Waals surface area contributed by atoms with E-state index < -0.39 is 31.3 Å². The average molecular weight is 622 g/mol. The van der Waals surface area contributed by atoms with Gasteiger partial charge in [0.2, 0.25) is 15.9 Å². The Morgan fingerprint density at radius 1 is 1.05 bits per heavy atom. The standard InChI is InChI=1S/C32H51N3O5S2/c1-6-34(7-2)27(14-21-41(5,37)38)29(36)33-28-22-25-13-16-32(28,30(25,3)4)23-42(39,40)35-19-17-31(18-20-35)15-12-24-10-8-9-11-26(24)31/h8-11,25,27-28H,6-7,12-23H2,1-5H3,(H,33,36)/t25-,27+,28+,32-/m1/s1. The van der Waals surface area contributed by atoms with Gasteiger partial charge >= 0.3 is 0 Å². The maximum absolute atomic E-state index is 14.2. The van der Waals surface area contributed by atoms with Crippen LogP contribution in [0.5, 0.6) is 0 Å². The van der Waals surface area contributed by atoms with Gasteiger partial charge in [0.1, 0.15) is 9.84 Å². The van der Waals surface area contributed by atoms with E-state index in [1.165, 1.54) is 17.4 Å². The molecular formula is C32H51N3O5S2. The lowest BCUT2D eigenvalue weighted by atomic mass is 9.69. The number of nitrogens with one attached hydrogen (secondary N) is 1. The Kier molecular flexibility index (Phi) is 8.71. The second kappa shape index (κ2) is 11.5. The van der Waals surface area contributed by atoms with Crippen LogP contribution in [0.3, 0.4) is 0 Å². The molecule has 0 unspecified atom stereocenters. The molecule has 42 heavy (non-hydrogen) atoms. The third-order valence-electron chi connectivity index (χ3n) is 12.0. The average Bonchev–Trinajstić information content (AvgIpc) is 3.47. The number of sulfone groups is 1. The summed E-state index contributed by atoms with van der Waals surface area (Å²) in [6.45, 7) is 10.7. The van der Waals surface area contributed by atoms with E-state index in [1.54, 1.807) is 4.31 Å². The first-order valence-electron chi connectivity index (χ1n) is 16.0. The molecule has 1 aromatic carbocycles. The van der Waals surface area contributed by atoms with Crippen LogP contribution in [0.2, 0.25) is 0 Å². The molecule has 0 aromatic heterocycles. The van der Waals surface area contributed by atoms with Crippen molar-refractivity contribution < 1.29 is 21.6 Å². The van der Waals surface area contributed by atoms with Crippen LogP contribution >= 0.6 is 0 Å². The van der Waals surface area contributed by atoms with Crippen molar-refractivity contribution in [2.45, 2.75) is 96.6 Å². The zero-order chi connectivity index (χ0) is 30.6. The van der Waals surface area contributed by atoms with Crippen molar-refractivity contribution in [3.63, 3.8) is 0 Å². The van der Waals surface area contributed by atoms with Gasteiger partial charge in [-0.05, 0) is 92.3 Å². The van der Waals surface area contributed by atoms with Crippen molar-refractivity contribution in [3.05, 3.63) is 35.4 Å². The molecule has 4 aliphatic rings. The molecule has 3 fully saturated rings. The van der Waals surface area contributed by atoms with E-state index in [1.807, 2.05) is 18.7 Å². The molecule has 8 nitrogen and oxygen atoms in total. The smallest absolute Gasteiger partial charge is 0.237 e. The molecule has 5 rings (SSSR count). The molecule has 2 saturated carbocycles. The van der Waals surface area contributed by atoms with Crippen molar-refractivity contribution in [3.8, 4) is 0 Å². The van der Waals surface area contributed by atoms with E-state index in [0.717, 1.165) is 44.9 Å². The molecule has 4 atom stereocenters. The van der Waals surface area contributed by atoms with Crippen molar-refractivity contribution >= 4 is 25.8 Å². The first-order valence-corrected chi connectivity index (χ1v) is 19.6. The number of hydrogen-bond acceptors (Lipinski definition) is 6. The van der Waals surface area contributed by atoms with Crippen LogP contribution in [0.15, 0.2) is 24.3 Å². The Balaban J connectivity index is 1.33. The lowest BCUT2D eigenvalue weighted by molar-refractivity contribution is -0.128. The van der Waals surface area contributed by atoms with E-state index >= 15 is 0 Å². The number of amides is 1. The highest BCUT2D eigenvalue weighted by atomic mass is 32.2. The largest absolute Gasteiger partial charge is 0.351 e. The summed E-state index contributed by atoms with van der Waals surface area (Å²) < 4.78 is 54.0. The van der Waals surface area contributed by atoms with Crippen molar-refractivity contribution in [1.82, 2.24) is 14.5 Å². The van der Waals surface area contributed by atoms with E-state index in [0.29, 0.717) is 32.1 Å². The van der Waals surface area contributed by atoms with Crippen molar-refractivity contribution in [1.29, 1.82) is 0 Å². The van der Waals surface area contributed by atoms with Gasteiger partial charge in [0, 0.05) is 30.8 Å². The Hall–Kier alpha value is -1.49. The topological polar surface area (TPSA) is 104 Å². The fourth-order valence-corrected chi connectivity index (χ4v) is 12.2. The minimum Gasteiger partial charge on any atom is -0.351 e. The molecule has 2 bridgehead atoms. The molecule has 1 saturated heterocycles. The minimum atomic E-state index is -3.56. The van der Waals surface area contributed by atoms with Crippen molar-refractivity contribution in [2.24, 2.45) is 16.7 Å². The molecule has 236 valence electrons. The Bertz CT molecular complexity index is 1380. The van der Waals surface area contributed by atoms with Crippen LogP contribution in [0.1, 0.15) is 83.8 Å². The van der Waals surface area contributed by atoms with Gasteiger partial charge in [0.05, 0.1) is 17.5 Å². The van der Waals surface area contributed by atoms with Crippen LogP contribution in [-0.4, -0.2) is 88.0 Å². The number of carbonyl (C=O) groups excluding carboxylic acids is 1. The Morgan fingerprint density at radius 2 is 1.71 bits per heavy atom. The van der Waals surface area contributed by atoms with Crippen LogP contribution in [0.4, 0.5) is 0 Å². The van der Waals surface area contributed by atoms with E-state index in [-0.39, 0.29) is 40.7 Å². The quantitative estimate of drug-likeness (QED) is 0.404. The number of nitrogens with zero attached hydrogens (tertiary/aromatic N) is 2. The summed E-state index contributed by atoms with van der Waals surface area (Å²) in [5, 5.41) is 3.31. The van der Waals surface area contributed by atoms with Gasteiger partial charge in [-0.15, -0.1) is 0 Å². The predicted octanol–water partition coefficient (Wildman–Crippen LogP) is 3.75. The van der Waals surface area contributed by atoms with Crippen molar-refractivity contribution in [2.75, 3.05) is 43.9 Å². The number of piperidine rings is 1. The maximum atomic E-state index is 14.2. The van der Waals surface area contributed by atoms with E-state index in [2.05, 4.69) is 43.4 Å². The highest BCUT2D eigenvalue weighted by Crippen LogP contribution is 2.66. The Morgan fingerprint density at radius 3 is 2.33 bits per heavy atom. The molecule has 1 aliphatic heterocycles. The number of hydrogen-bond donors (Lipinski definition) is 1. The Labute approximate surface area is 254 Å². The third-order valence-corrected chi connectivity index (χ3v) is 15.0. The minimum absolute atomic E-state index is 0.0529. The number of benzene rings is 1. The van der Waals surface area contributed by atoms with Crippen LogP contribution < -0.4 is 5.32 Å². The van der Waals surface area contributed by atoms with Gasteiger partial charge in [-0.25, -0.2) is 21.1 Å². The van der Waals surface area contributed by atoms with E-state index in [9.17, 15) is 21.6 Å². The fourth-order valence-electron chi connectivity index (χ4n) is 9.25. The number of likely N-dealkylation sites (N-methyl/N-ethyl adjacent to an activating group) is 1. The summed E-state index contributed by atoms with van der Waals surface area (Å²) in [7, 11) is -6.78. The summed E-state index contributed by atoms with van der Waals surface area (Å²) in [5.41, 5.74) is 2.14. The number of fused-ring (bicyclic) bond motifs is 4. The summed E-state index contributed by atoms with van der Waals surface area (Å²) in [6.07, 6.45) is 7.84. The van der Waals surface area contributed by atoms with Crippen LogP contribution in [0, 0.1) is 16.7 Å². The normalized spacial score (nSPS) is 29.2. The van der Waals surface area contributed by atoms with Gasteiger partial charge < -0.3 is 5.32 Å². The summed E-state index contributed by atoms with van der Waals surface area (Å²) in [6, 6.07) is 7.85. The molecule has 3 aliphatic carbocycles. The first-order chi connectivity index (χ1) is 19.7. The summed E-state index contributed by atoms with van der Waals surface area (Å²) >= 11 is 0. The molecule has 1 aromatic rings. The van der Waals surface area contributed by atoms with Gasteiger partial charge in [-0.2, -0.15) is 0 Å². The van der Waals surface area contributed by atoms with Gasteiger partial charge in [-0.1, -0.05) is 52.0 Å². The van der Waals surface area contributed by atoms with Gasteiger partial charge in [0.25, 0.3) is 0 Å². The van der Waals surface area contributed by atoms with E-state index in [4.69, 9.17) is 0 Å². The summed E-state index contributed by atoms with van der Waals surface area (Å²) in [4.78, 5) is 15.8. The zero-order valence-electron chi connectivity index (χ0n) is 26.2. The maximum Gasteiger partial charge on any atom is 0.237 e. The molecule has 0 radical (unpaired) electrons. The lowest BCUT2D eigenvalue weighted by Crippen LogP contribution is -2.58. The SMILES string of the molecule is CCN(CC)[C@@H](CCS(C)(=O)=O)C(=O)N[C@H]1C[C@H]2CC[C@]1(CS(=O)(=O)N1CCC3(CCc4ccccc43)CC1)C2(C)C. The van der Waals surface area contributed by atoms with Gasteiger partial charge in [-0.3, -0.25) is 9.69 Å². The number of rotatable bonds is 11. The number of carbonyl (C=O) groups is 1. The second-order valence-electron chi connectivity index (χ2n) is 14.2. The molecule has 1 N–H and O–H groups in total. The highest BCUT2D eigenvalue weighted by molar-refractivity contribution is 7.90. The summed E-state index contributed by atoms with van der Waals surface area (Å²) in [5.74, 6) is 0.172. The molecular weight excluding hydrogens is 571 g/mol. The van der Waals surface area contributed by atoms with Crippen LogP contribution in [0.25, 0.3) is 0 Å².